The fourth-order valence-electron chi connectivity index (χ4n) is 3.62. The zero-order valence-electron chi connectivity index (χ0n) is 15.4. The van der Waals surface area contributed by atoms with Gasteiger partial charge in [-0.3, -0.25) is 4.68 Å². The van der Waals surface area contributed by atoms with Gasteiger partial charge in [0.15, 0.2) is 0 Å². The summed E-state index contributed by atoms with van der Waals surface area (Å²) in [6.07, 6.45) is 7.97. The highest BCUT2D eigenvalue weighted by atomic mass is 16.4. The van der Waals surface area contributed by atoms with Crippen molar-refractivity contribution in [2.24, 2.45) is 11.7 Å². The van der Waals surface area contributed by atoms with E-state index in [0.29, 0.717) is 24.2 Å². The van der Waals surface area contributed by atoms with Gasteiger partial charge in [0.05, 0.1) is 6.04 Å². The Morgan fingerprint density at radius 2 is 1.93 bits per heavy atom. The number of anilines is 1. The van der Waals surface area contributed by atoms with Gasteiger partial charge >= 0.3 is 6.01 Å². The normalized spacial score (nSPS) is 16.6. The fourth-order valence-corrected chi connectivity index (χ4v) is 3.62. The maximum atomic E-state index is 6.25. The minimum atomic E-state index is -0.278. The molecule has 1 saturated heterocycles. The van der Waals surface area contributed by atoms with E-state index in [1.807, 2.05) is 41.3 Å². The summed E-state index contributed by atoms with van der Waals surface area (Å²) in [6.45, 7) is 2.87. The van der Waals surface area contributed by atoms with Crippen molar-refractivity contribution in [1.82, 2.24) is 20.0 Å². The van der Waals surface area contributed by atoms with E-state index in [2.05, 4.69) is 32.3 Å². The molecule has 0 saturated carbocycles. The Morgan fingerprint density at radius 1 is 1.11 bits per heavy atom. The van der Waals surface area contributed by atoms with Gasteiger partial charge in [-0.25, -0.2) is 0 Å². The van der Waals surface area contributed by atoms with Gasteiger partial charge in [0.25, 0.3) is 0 Å². The van der Waals surface area contributed by atoms with Crippen LogP contribution in [-0.4, -0.2) is 33.1 Å². The van der Waals surface area contributed by atoms with E-state index < -0.39 is 0 Å². The lowest BCUT2D eigenvalue weighted by Crippen LogP contribution is -2.34. The molecule has 27 heavy (non-hydrogen) atoms. The highest BCUT2D eigenvalue weighted by Gasteiger charge is 2.24. The molecular formula is C20H26N6O. The van der Waals surface area contributed by atoms with E-state index in [1.54, 1.807) is 0 Å². The molecule has 142 valence electrons. The van der Waals surface area contributed by atoms with E-state index in [1.165, 1.54) is 5.56 Å². The van der Waals surface area contributed by atoms with Crippen molar-refractivity contribution in [2.75, 3.05) is 18.0 Å². The fraction of sp³-hybridized carbons (Fsp3) is 0.450. The molecule has 1 aromatic carbocycles. The van der Waals surface area contributed by atoms with Crippen molar-refractivity contribution in [3.63, 3.8) is 0 Å². The smallest absolute Gasteiger partial charge is 0.318 e. The van der Waals surface area contributed by atoms with Gasteiger partial charge in [-0.1, -0.05) is 35.4 Å². The van der Waals surface area contributed by atoms with Gasteiger partial charge in [0.1, 0.15) is 0 Å². The molecule has 0 spiro atoms. The molecule has 1 fully saturated rings. The summed E-state index contributed by atoms with van der Waals surface area (Å²) in [5, 5.41) is 12.7. The zero-order chi connectivity index (χ0) is 18.5. The Bertz CT molecular complexity index is 808. The molecule has 2 aromatic heterocycles. The third kappa shape index (κ3) is 4.54. The van der Waals surface area contributed by atoms with E-state index in [-0.39, 0.29) is 6.04 Å². The summed E-state index contributed by atoms with van der Waals surface area (Å²) >= 11 is 0. The first kappa shape index (κ1) is 17.7. The molecule has 0 amide bonds. The second kappa shape index (κ2) is 8.35. The quantitative estimate of drug-likeness (QED) is 0.692. The summed E-state index contributed by atoms with van der Waals surface area (Å²) < 4.78 is 7.88. The number of nitrogens with two attached hydrogens (primary N) is 1. The van der Waals surface area contributed by atoms with Gasteiger partial charge in [-0.2, -0.15) is 5.10 Å². The first-order valence-electron chi connectivity index (χ1n) is 9.63. The number of aryl methyl sites for hydroxylation is 1. The molecule has 3 heterocycles. The number of benzene rings is 1. The SMILES string of the molecule is N[C@H](Cc1ccccc1)c1nnc(N2CCC(CCn3cccn3)CC2)o1. The van der Waals surface area contributed by atoms with Gasteiger partial charge in [0.2, 0.25) is 5.89 Å². The van der Waals surface area contributed by atoms with Crippen molar-refractivity contribution in [1.29, 1.82) is 0 Å². The first-order chi connectivity index (χ1) is 13.3. The van der Waals surface area contributed by atoms with Crippen molar-refractivity contribution in [3.8, 4) is 0 Å². The number of rotatable bonds is 7. The molecule has 1 atom stereocenters. The molecule has 7 nitrogen and oxygen atoms in total. The summed E-state index contributed by atoms with van der Waals surface area (Å²) in [5.74, 6) is 1.22. The summed E-state index contributed by atoms with van der Waals surface area (Å²) in [6, 6.07) is 12.4. The summed E-state index contributed by atoms with van der Waals surface area (Å²) in [5.41, 5.74) is 7.42. The lowest BCUT2D eigenvalue weighted by atomic mass is 9.94. The van der Waals surface area contributed by atoms with Gasteiger partial charge in [-0.15, -0.1) is 5.10 Å². The molecule has 1 aliphatic heterocycles. The van der Waals surface area contributed by atoms with Crippen LogP contribution >= 0.6 is 0 Å². The van der Waals surface area contributed by atoms with Crippen LogP contribution in [0.5, 0.6) is 0 Å². The average Bonchev–Trinajstić information content (AvgIpc) is 3.40. The molecule has 4 rings (SSSR count). The molecule has 0 unspecified atom stereocenters. The van der Waals surface area contributed by atoms with Crippen molar-refractivity contribution >= 4 is 6.01 Å². The maximum absolute atomic E-state index is 6.25. The lowest BCUT2D eigenvalue weighted by molar-refractivity contribution is 0.340. The zero-order valence-corrected chi connectivity index (χ0v) is 15.4. The first-order valence-corrected chi connectivity index (χ1v) is 9.63. The molecule has 1 aliphatic rings. The molecule has 7 heteroatoms. The Labute approximate surface area is 159 Å². The monoisotopic (exact) mass is 366 g/mol. The minimum Gasteiger partial charge on any atom is -0.406 e. The highest BCUT2D eigenvalue weighted by Crippen LogP contribution is 2.26. The third-order valence-electron chi connectivity index (χ3n) is 5.26. The van der Waals surface area contributed by atoms with E-state index in [9.17, 15) is 0 Å². The van der Waals surface area contributed by atoms with E-state index in [0.717, 1.165) is 38.9 Å². The topological polar surface area (TPSA) is 86.0 Å². The van der Waals surface area contributed by atoms with Crippen molar-refractivity contribution in [2.45, 2.75) is 38.3 Å². The Morgan fingerprint density at radius 3 is 2.67 bits per heavy atom. The molecule has 2 N–H and O–H groups in total. The second-order valence-electron chi connectivity index (χ2n) is 7.21. The standard InChI is InChI=1S/C20H26N6O/c21-18(15-17-5-2-1-3-6-17)19-23-24-20(27-19)25-12-7-16(8-13-25)9-14-26-11-4-10-22-26/h1-6,10-11,16,18H,7-9,12-15,21H2/t18-/m1/s1. The van der Waals surface area contributed by atoms with Crippen LogP contribution in [0.2, 0.25) is 0 Å². The average molecular weight is 366 g/mol. The Kier molecular flexibility index (Phi) is 5.48. The van der Waals surface area contributed by atoms with Crippen LogP contribution in [0.3, 0.4) is 0 Å². The minimum absolute atomic E-state index is 0.278. The van der Waals surface area contributed by atoms with Crippen LogP contribution in [0.4, 0.5) is 6.01 Å². The predicted octanol–water partition coefficient (Wildman–Crippen LogP) is 2.82. The summed E-state index contributed by atoms with van der Waals surface area (Å²) in [4.78, 5) is 2.18. The molecular weight excluding hydrogens is 340 g/mol. The van der Waals surface area contributed by atoms with Gasteiger partial charge in [-0.05, 0) is 43.2 Å². The predicted molar refractivity (Wildman–Crippen MR) is 103 cm³/mol. The largest absolute Gasteiger partial charge is 0.406 e. The molecule has 0 aliphatic carbocycles. The van der Waals surface area contributed by atoms with Crippen LogP contribution in [0.25, 0.3) is 0 Å². The Hall–Kier alpha value is -2.67. The van der Waals surface area contributed by atoms with E-state index in [4.69, 9.17) is 10.2 Å². The van der Waals surface area contributed by atoms with Crippen molar-refractivity contribution in [3.05, 3.63) is 60.2 Å². The highest BCUT2D eigenvalue weighted by molar-refractivity contribution is 5.25. The second-order valence-corrected chi connectivity index (χ2v) is 7.21. The van der Waals surface area contributed by atoms with E-state index >= 15 is 0 Å². The number of hydrogen-bond acceptors (Lipinski definition) is 6. The third-order valence-corrected chi connectivity index (χ3v) is 5.26. The molecule has 3 aromatic rings. The van der Waals surface area contributed by atoms with Gasteiger partial charge < -0.3 is 15.1 Å². The number of aromatic nitrogens is 4. The van der Waals surface area contributed by atoms with Crippen LogP contribution in [0.15, 0.2) is 53.2 Å². The van der Waals surface area contributed by atoms with Gasteiger partial charge in [0, 0.05) is 32.0 Å². The van der Waals surface area contributed by atoms with Crippen molar-refractivity contribution < 1.29 is 4.42 Å². The van der Waals surface area contributed by atoms with Crippen LogP contribution in [-0.2, 0) is 13.0 Å². The number of piperidine rings is 1. The van der Waals surface area contributed by atoms with Crippen LogP contribution in [0, 0.1) is 5.92 Å². The maximum Gasteiger partial charge on any atom is 0.318 e. The molecule has 0 radical (unpaired) electrons. The number of hydrogen-bond donors (Lipinski definition) is 1. The lowest BCUT2D eigenvalue weighted by Gasteiger charge is -2.30. The molecule has 0 bridgehead atoms. The number of nitrogens with zero attached hydrogens (tertiary/aromatic N) is 5. The van der Waals surface area contributed by atoms with Crippen LogP contribution < -0.4 is 10.6 Å². The van der Waals surface area contributed by atoms with Crippen LogP contribution in [0.1, 0.15) is 36.8 Å². The summed E-state index contributed by atoms with van der Waals surface area (Å²) in [7, 11) is 0. The Balaban J connectivity index is 1.27.